The van der Waals surface area contributed by atoms with Crippen LogP contribution in [0.15, 0.2) is 66.7 Å². The Morgan fingerprint density at radius 1 is 0.938 bits per heavy atom. The van der Waals surface area contributed by atoms with Gasteiger partial charge in [-0.05, 0) is 85.0 Å². The zero-order valence-corrected chi connectivity index (χ0v) is 18.6. The van der Waals surface area contributed by atoms with Crippen LogP contribution in [0.4, 0.5) is 11.4 Å². The molecule has 1 aliphatic heterocycles. The molecule has 3 heteroatoms. The number of aromatic hydroxyl groups is 1. The number of nitrogens with one attached hydrogen (secondary N) is 2. The summed E-state index contributed by atoms with van der Waals surface area (Å²) in [7, 11) is 0. The van der Waals surface area contributed by atoms with Crippen LogP contribution in [0.5, 0.6) is 5.75 Å². The molecule has 0 amide bonds. The third kappa shape index (κ3) is 3.31. The highest BCUT2D eigenvalue weighted by Crippen LogP contribution is 2.55. The van der Waals surface area contributed by atoms with Crippen LogP contribution in [0.25, 0.3) is 0 Å². The number of hydrogen-bond acceptors (Lipinski definition) is 3. The highest BCUT2D eigenvalue weighted by Gasteiger charge is 2.51. The number of rotatable bonds is 4. The first-order valence-corrected chi connectivity index (χ1v) is 12.2. The molecular weight excluding hydrogens is 392 g/mol. The van der Waals surface area contributed by atoms with Crippen LogP contribution in [0.3, 0.4) is 0 Å². The Labute approximate surface area is 190 Å². The molecule has 0 unspecified atom stereocenters. The van der Waals surface area contributed by atoms with Crippen LogP contribution in [-0.2, 0) is 18.3 Å². The highest BCUT2D eigenvalue weighted by molar-refractivity contribution is 5.71. The molecule has 2 aliphatic carbocycles. The Hall–Kier alpha value is -2.78. The number of fused-ring (bicyclic) bond motifs is 1. The van der Waals surface area contributed by atoms with Crippen molar-refractivity contribution in [2.24, 2.45) is 5.92 Å². The van der Waals surface area contributed by atoms with Crippen LogP contribution < -0.4 is 10.6 Å². The fourth-order valence-corrected chi connectivity index (χ4v) is 6.83. The molecule has 6 rings (SSSR count). The molecule has 2 fully saturated rings. The van der Waals surface area contributed by atoms with Gasteiger partial charge in [0.2, 0.25) is 0 Å². The second kappa shape index (κ2) is 7.97. The van der Waals surface area contributed by atoms with E-state index in [1.54, 1.807) is 0 Å². The summed E-state index contributed by atoms with van der Waals surface area (Å²) in [6.07, 6.45) is 8.40. The van der Waals surface area contributed by atoms with Gasteiger partial charge in [-0.15, -0.1) is 0 Å². The van der Waals surface area contributed by atoms with Crippen LogP contribution in [-0.4, -0.2) is 17.7 Å². The van der Waals surface area contributed by atoms with E-state index in [0.29, 0.717) is 11.8 Å². The standard InChI is InChI=1S/C29H32N2O/c32-28-19-24-22(17-26-23-11-6-7-13-29(23,24)14-15-30-26)18-27(28)31-25-12-5-4-10-21(25)16-20-8-2-1-3-9-20/h1-5,8-10,12,18-19,23,26,30-32H,6-7,11,13-17H2/t23-,26+,29+/m1/s1. The zero-order chi connectivity index (χ0) is 21.5. The molecule has 164 valence electrons. The summed E-state index contributed by atoms with van der Waals surface area (Å²) in [5.41, 5.74) is 7.53. The SMILES string of the molecule is Oc1cc2c(cc1Nc1ccccc1Cc1ccccc1)C[C@@H]1NCC[C@]23CCCC[C@H]13. The third-order valence-corrected chi connectivity index (χ3v) is 8.28. The maximum Gasteiger partial charge on any atom is 0.139 e. The number of phenolic OH excluding ortho intramolecular Hbond substituents is 1. The molecule has 2 bridgehead atoms. The summed E-state index contributed by atoms with van der Waals surface area (Å²) in [6, 6.07) is 23.9. The summed E-state index contributed by atoms with van der Waals surface area (Å²) in [4.78, 5) is 0. The van der Waals surface area contributed by atoms with Crippen molar-refractivity contribution in [3.63, 3.8) is 0 Å². The van der Waals surface area contributed by atoms with Gasteiger partial charge in [-0.2, -0.15) is 0 Å². The van der Waals surface area contributed by atoms with Crippen molar-refractivity contribution in [2.75, 3.05) is 11.9 Å². The van der Waals surface area contributed by atoms with Crippen molar-refractivity contribution >= 4 is 11.4 Å². The van der Waals surface area contributed by atoms with Crippen molar-refractivity contribution in [2.45, 2.75) is 56.4 Å². The van der Waals surface area contributed by atoms with Crippen LogP contribution >= 0.6 is 0 Å². The lowest BCUT2D eigenvalue weighted by Gasteiger charge is -2.56. The highest BCUT2D eigenvalue weighted by atomic mass is 16.3. The third-order valence-electron chi connectivity index (χ3n) is 8.28. The van der Waals surface area contributed by atoms with Crippen molar-refractivity contribution in [1.29, 1.82) is 0 Å². The van der Waals surface area contributed by atoms with Gasteiger partial charge >= 0.3 is 0 Å². The minimum absolute atomic E-state index is 0.267. The summed E-state index contributed by atoms with van der Waals surface area (Å²) < 4.78 is 0. The first kappa shape index (κ1) is 19.9. The number of piperidine rings is 1. The average Bonchev–Trinajstić information content (AvgIpc) is 2.82. The van der Waals surface area contributed by atoms with E-state index in [4.69, 9.17) is 0 Å². The largest absolute Gasteiger partial charge is 0.506 e. The minimum atomic E-state index is 0.267. The van der Waals surface area contributed by atoms with Gasteiger partial charge in [0.25, 0.3) is 0 Å². The molecule has 0 aromatic heterocycles. The normalized spacial score (nSPS) is 26.1. The summed E-state index contributed by atoms with van der Waals surface area (Å²) in [5, 5.41) is 18.5. The lowest BCUT2D eigenvalue weighted by Crippen LogP contribution is -2.59. The van der Waals surface area contributed by atoms with Crippen molar-refractivity contribution in [3.8, 4) is 5.75 Å². The maximum atomic E-state index is 11.1. The predicted molar refractivity (Wildman–Crippen MR) is 131 cm³/mol. The van der Waals surface area contributed by atoms with Gasteiger partial charge in [0, 0.05) is 17.1 Å². The molecule has 3 aromatic carbocycles. The molecule has 3 N–H and O–H groups in total. The topological polar surface area (TPSA) is 44.3 Å². The molecule has 0 radical (unpaired) electrons. The molecule has 1 heterocycles. The van der Waals surface area contributed by atoms with Crippen molar-refractivity contribution in [3.05, 3.63) is 89.0 Å². The number of para-hydroxylation sites is 1. The van der Waals surface area contributed by atoms with Crippen molar-refractivity contribution < 1.29 is 5.11 Å². The van der Waals surface area contributed by atoms with E-state index in [0.717, 1.165) is 36.7 Å². The molecule has 0 spiro atoms. The van der Waals surface area contributed by atoms with Gasteiger partial charge in [0.15, 0.2) is 0 Å². The lowest BCUT2D eigenvalue weighted by molar-refractivity contribution is 0.0796. The van der Waals surface area contributed by atoms with Gasteiger partial charge in [0.1, 0.15) is 5.75 Å². The monoisotopic (exact) mass is 424 g/mol. The van der Waals surface area contributed by atoms with E-state index in [2.05, 4.69) is 77.4 Å². The van der Waals surface area contributed by atoms with Crippen LogP contribution in [0.1, 0.15) is 54.4 Å². The average molecular weight is 425 g/mol. The summed E-state index contributed by atoms with van der Waals surface area (Å²) in [6.45, 7) is 1.11. The van der Waals surface area contributed by atoms with Crippen molar-refractivity contribution in [1.82, 2.24) is 5.32 Å². The summed E-state index contributed by atoms with van der Waals surface area (Å²) >= 11 is 0. The maximum absolute atomic E-state index is 11.1. The molecule has 1 saturated heterocycles. The number of phenols is 1. The Morgan fingerprint density at radius 3 is 2.69 bits per heavy atom. The Balaban J connectivity index is 1.35. The second-order valence-corrected chi connectivity index (χ2v) is 9.99. The van der Waals surface area contributed by atoms with E-state index in [-0.39, 0.29) is 5.41 Å². The van der Waals surface area contributed by atoms with E-state index < -0.39 is 0 Å². The minimum Gasteiger partial charge on any atom is -0.506 e. The summed E-state index contributed by atoms with van der Waals surface area (Å²) in [5.74, 6) is 1.11. The van der Waals surface area contributed by atoms with Gasteiger partial charge < -0.3 is 15.7 Å². The first-order valence-electron chi connectivity index (χ1n) is 12.2. The fourth-order valence-electron chi connectivity index (χ4n) is 6.83. The zero-order valence-electron chi connectivity index (χ0n) is 18.6. The van der Waals surface area contributed by atoms with Gasteiger partial charge in [-0.3, -0.25) is 0 Å². The van der Waals surface area contributed by atoms with Crippen LogP contribution in [0, 0.1) is 5.92 Å². The van der Waals surface area contributed by atoms with Gasteiger partial charge in [-0.1, -0.05) is 61.4 Å². The number of anilines is 2. The van der Waals surface area contributed by atoms with Gasteiger partial charge in [0.05, 0.1) is 5.69 Å². The molecule has 1 saturated carbocycles. The molecule has 3 nitrogen and oxygen atoms in total. The Morgan fingerprint density at radius 2 is 1.78 bits per heavy atom. The lowest BCUT2D eigenvalue weighted by atomic mass is 9.53. The van der Waals surface area contributed by atoms with Crippen LogP contribution in [0.2, 0.25) is 0 Å². The fraction of sp³-hybridized carbons (Fsp3) is 0.379. The molecule has 3 atom stereocenters. The molecule has 32 heavy (non-hydrogen) atoms. The predicted octanol–water partition coefficient (Wildman–Crippen LogP) is 6.07. The smallest absolute Gasteiger partial charge is 0.139 e. The quantitative estimate of drug-likeness (QED) is 0.445. The molecular formula is C29H32N2O. The number of hydrogen-bond donors (Lipinski definition) is 3. The number of benzene rings is 3. The van der Waals surface area contributed by atoms with Gasteiger partial charge in [-0.25, -0.2) is 0 Å². The van der Waals surface area contributed by atoms with E-state index in [1.807, 2.05) is 0 Å². The van der Waals surface area contributed by atoms with E-state index >= 15 is 0 Å². The Kier molecular flexibility index (Phi) is 4.95. The van der Waals surface area contributed by atoms with E-state index in [1.165, 1.54) is 54.4 Å². The Bertz CT molecular complexity index is 1120. The second-order valence-electron chi connectivity index (χ2n) is 9.99. The first-order chi connectivity index (χ1) is 15.7. The van der Waals surface area contributed by atoms with E-state index in [9.17, 15) is 5.11 Å². The molecule has 3 aliphatic rings. The molecule has 3 aromatic rings.